The van der Waals surface area contributed by atoms with Crippen molar-refractivity contribution in [2.75, 3.05) is 18.0 Å². The summed E-state index contributed by atoms with van der Waals surface area (Å²) in [7, 11) is 1.54. The third kappa shape index (κ3) is 4.29. The van der Waals surface area contributed by atoms with Crippen LogP contribution in [0.5, 0.6) is 5.75 Å². The zero-order valence-electron chi connectivity index (χ0n) is 21.6. The maximum atomic E-state index is 13.8. The number of carbonyl (C=O) groups is 1. The third-order valence-corrected chi connectivity index (χ3v) is 8.85. The van der Waals surface area contributed by atoms with Gasteiger partial charge in [-0.2, -0.15) is 18.3 Å². The summed E-state index contributed by atoms with van der Waals surface area (Å²) in [6.45, 7) is 2.96. The Morgan fingerprint density at radius 1 is 1.16 bits per heavy atom. The van der Waals surface area contributed by atoms with Gasteiger partial charge in [0, 0.05) is 38.7 Å². The van der Waals surface area contributed by atoms with Gasteiger partial charge in [-0.25, -0.2) is 0 Å². The summed E-state index contributed by atoms with van der Waals surface area (Å²) >= 11 is 0. The molecule has 1 aromatic heterocycles. The average molecular weight is 528 g/mol. The zero-order chi connectivity index (χ0) is 26.8. The van der Waals surface area contributed by atoms with Crippen LogP contribution in [-0.2, 0) is 24.4 Å². The Kier molecular flexibility index (Phi) is 5.88. The molecule has 3 aromatic rings. The number of halogens is 3. The standard InChI is InChI=1S/C29H32F3N3O3/c1-17(27(36)37)24(19-7-8-19)20-9-6-18-10-11-28(38-23(18)16-20)12-14-35(15-13-28)22-5-3-4-21-25(22)26(29(30,31)32)33-34(21)2/h3-6,9,16-17,19,24H,7-8,10-15H2,1-2H3,(H,36,37). The van der Waals surface area contributed by atoms with Crippen molar-refractivity contribution in [1.29, 1.82) is 0 Å². The number of fused-ring (bicyclic) bond motifs is 2. The molecule has 2 aromatic carbocycles. The molecule has 1 spiro atoms. The molecule has 0 radical (unpaired) electrons. The molecule has 1 saturated heterocycles. The number of rotatable bonds is 5. The van der Waals surface area contributed by atoms with Gasteiger partial charge in [-0.1, -0.05) is 25.1 Å². The largest absolute Gasteiger partial charge is 0.487 e. The smallest absolute Gasteiger partial charge is 0.435 e. The Morgan fingerprint density at radius 3 is 2.55 bits per heavy atom. The second-order valence-electron chi connectivity index (χ2n) is 11.3. The highest BCUT2D eigenvalue weighted by atomic mass is 19.4. The van der Waals surface area contributed by atoms with Gasteiger partial charge in [0.05, 0.1) is 16.8 Å². The zero-order valence-corrected chi connectivity index (χ0v) is 21.6. The maximum Gasteiger partial charge on any atom is 0.435 e. The van der Waals surface area contributed by atoms with Crippen LogP contribution in [0.2, 0.25) is 0 Å². The molecule has 202 valence electrons. The van der Waals surface area contributed by atoms with Crippen molar-refractivity contribution >= 4 is 22.6 Å². The molecule has 3 aliphatic rings. The lowest BCUT2D eigenvalue weighted by atomic mass is 9.80. The van der Waals surface area contributed by atoms with E-state index in [0.717, 1.165) is 42.6 Å². The van der Waals surface area contributed by atoms with Gasteiger partial charge in [-0.15, -0.1) is 0 Å². The van der Waals surface area contributed by atoms with Crippen LogP contribution in [0, 0.1) is 11.8 Å². The van der Waals surface area contributed by atoms with Gasteiger partial charge >= 0.3 is 12.1 Å². The molecule has 3 heterocycles. The predicted octanol–water partition coefficient (Wildman–Crippen LogP) is 6.17. The number of aliphatic carboxylic acids is 1. The van der Waals surface area contributed by atoms with Crippen molar-refractivity contribution in [1.82, 2.24) is 9.78 Å². The van der Waals surface area contributed by atoms with E-state index >= 15 is 0 Å². The van der Waals surface area contributed by atoms with Gasteiger partial charge in [0.2, 0.25) is 0 Å². The lowest BCUT2D eigenvalue weighted by Gasteiger charge is -2.45. The van der Waals surface area contributed by atoms with Crippen LogP contribution in [0.1, 0.15) is 61.8 Å². The summed E-state index contributed by atoms with van der Waals surface area (Å²) in [5.74, 6) is -0.0281. The number of piperidine rings is 1. The highest BCUT2D eigenvalue weighted by Gasteiger charge is 2.43. The fourth-order valence-electron chi connectivity index (χ4n) is 6.57. The van der Waals surface area contributed by atoms with Gasteiger partial charge in [-0.05, 0) is 66.8 Å². The van der Waals surface area contributed by atoms with Crippen LogP contribution in [0.3, 0.4) is 0 Å². The molecule has 0 amide bonds. The molecule has 2 aliphatic heterocycles. The van der Waals surface area contributed by atoms with Crippen molar-refractivity contribution < 1.29 is 27.8 Å². The van der Waals surface area contributed by atoms with Crippen LogP contribution in [0.15, 0.2) is 36.4 Å². The molecule has 2 atom stereocenters. The number of nitrogens with zero attached hydrogens (tertiary/aromatic N) is 3. The Morgan fingerprint density at radius 2 is 1.89 bits per heavy atom. The highest BCUT2D eigenvalue weighted by molar-refractivity contribution is 5.95. The quantitative estimate of drug-likeness (QED) is 0.430. The minimum absolute atomic E-state index is 0.0241. The topological polar surface area (TPSA) is 67.6 Å². The van der Waals surface area contributed by atoms with E-state index in [1.165, 1.54) is 4.68 Å². The Hall–Kier alpha value is -3.23. The van der Waals surface area contributed by atoms with Crippen molar-refractivity contribution in [2.45, 2.75) is 63.1 Å². The number of aryl methyl sites for hydroxylation is 2. The molecule has 1 saturated carbocycles. The molecular weight excluding hydrogens is 495 g/mol. The number of carboxylic acids is 1. The molecule has 9 heteroatoms. The highest BCUT2D eigenvalue weighted by Crippen LogP contribution is 2.49. The van der Waals surface area contributed by atoms with E-state index in [4.69, 9.17) is 4.74 Å². The van der Waals surface area contributed by atoms with Gasteiger partial charge < -0.3 is 14.7 Å². The Bertz CT molecular complexity index is 1390. The van der Waals surface area contributed by atoms with E-state index in [9.17, 15) is 23.1 Å². The minimum Gasteiger partial charge on any atom is -0.487 e. The van der Waals surface area contributed by atoms with Crippen molar-refractivity contribution in [3.8, 4) is 5.75 Å². The Labute approximate surface area is 219 Å². The number of alkyl halides is 3. The van der Waals surface area contributed by atoms with Gasteiger partial charge in [0.15, 0.2) is 5.69 Å². The Balaban J connectivity index is 1.24. The van der Waals surface area contributed by atoms with Gasteiger partial charge in [0.25, 0.3) is 0 Å². The van der Waals surface area contributed by atoms with E-state index < -0.39 is 23.8 Å². The van der Waals surface area contributed by atoms with Crippen molar-refractivity contribution in [3.05, 3.63) is 53.2 Å². The molecule has 1 aliphatic carbocycles. The van der Waals surface area contributed by atoms with E-state index in [1.807, 2.05) is 4.90 Å². The summed E-state index contributed by atoms with van der Waals surface area (Å²) in [5.41, 5.74) is 1.97. The van der Waals surface area contributed by atoms with Crippen LogP contribution in [0.4, 0.5) is 18.9 Å². The summed E-state index contributed by atoms with van der Waals surface area (Å²) in [5, 5.41) is 13.6. The maximum absolute atomic E-state index is 13.8. The number of anilines is 1. The molecule has 6 nitrogen and oxygen atoms in total. The predicted molar refractivity (Wildman–Crippen MR) is 138 cm³/mol. The van der Waals surface area contributed by atoms with Crippen LogP contribution in [-0.4, -0.2) is 39.5 Å². The minimum atomic E-state index is -4.53. The van der Waals surface area contributed by atoms with E-state index in [-0.39, 0.29) is 16.9 Å². The first kappa shape index (κ1) is 25.1. The van der Waals surface area contributed by atoms with E-state index in [0.29, 0.717) is 43.1 Å². The summed E-state index contributed by atoms with van der Waals surface area (Å²) in [6, 6.07) is 11.4. The van der Waals surface area contributed by atoms with E-state index in [1.54, 1.807) is 32.2 Å². The van der Waals surface area contributed by atoms with Crippen molar-refractivity contribution in [3.63, 3.8) is 0 Å². The number of aromatic nitrogens is 2. The SMILES string of the molecule is CC(C(=O)O)C(c1ccc2c(c1)OC1(CC2)CCN(c2cccc3c2c(C(F)(F)F)nn3C)CC1)C1CC1. The molecule has 6 rings (SSSR count). The first-order chi connectivity index (χ1) is 18.1. The summed E-state index contributed by atoms with van der Waals surface area (Å²) in [6.07, 6.45) is 0.708. The molecule has 2 fully saturated rings. The van der Waals surface area contributed by atoms with Gasteiger partial charge in [-0.3, -0.25) is 9.48 Å². The first-order valence-electron chi connectivity index (χ1n) is 13.4. The van der Waals surface area contributed by atoms with Crippen LogP contribution < -0.4 is 9.64 Å². The summed E-state index contributed by atoms with van der Waals surface area (Å²) < 4.78 is 49.4. The number of hydrogen-bond acceptors (Lipinski definition) is 4. The lowest BCUT2D eigenvalue weighted by molar-refractivity contribution is -0.142. The summed E-state index contributed by atoms with van der Waals surface area (Å²) in [4.78, 5) is 13.8. The monoisotopic (exact) mass is 527 g/mol. The second kappa shape index (κ2) is 8.92. The fraction of sp³-hybridized carbons (Fsp3) is 0.517. The normalized spacial score (nSPS) is 20.7. The lowest BCUT2D eigenvalue weighted by Crippen LogP contribution is -2.50. The molecule has 1 N–H and O–H groups in total. The second-order valence-corrected chi connectivity index (χ2v) is 11.3. The number of carboxylic acid groups (broad SMARTS) is 1. The van der Waals surface area contributed by atoms with Crippen LogP contribution in [0.25, 0.3) is 10.9 Å². The third-order valence-electron chi connectivity index (χ3n) is 8.85. The molecule has 38 heavy (non-hydrogen) atoms. The number of ether oxygens (including phenoxy) is 1. The van der Waals surface area contributed by atoms with Gasteiger partial charge in [0.1, 0.15) is 11.4 Å². The first-order valence-corrected chi connectivity index (χ1v) is 13.4. The average Bonchev–Trinajstić information content (AvgIpc) is 3.65. The number of hydrogen-bond donors (Lipinski definition) is 1. The molecule has 0 bridgehead atoms. The molecular formula is C29H32F3N3O3. The number of benzene rings is 2. The molecule has 2 unspecified atom stereocenters. The van der Waals surface area contributed by atoms with Crippen LogP contribution >= 0.6 is 0 Å². The van der Waals surface area contributed by atoms with Crippen molar-refractivity contribution in [2.24, 2.45) is 18.9 Å². The fourth-order valence-corrected chi connectivity index (χ4v) is 6.57. The van der Waals surface area contributed by atoms with E-state index in [2.05, 4.69) is 23.3 Å².